The Kier molecular flexibility index (Phi) is 7.92. The molecule has 0 spiro atoms. The molecule has 0 aromatic heterocycles. The van der Waals surface area contributed by atoms with Gasteiger partial charge in [-0.05, 0) is 46.1 Å². The molecule has 1 saturated heterocycles. The lowest BCUT2D eigenvalue weighted by molar-refractivity contribution is -0.116. The number of hydrogen-bond acceptors (Lipinski definition) is 4. The zero-order valence-corrected chi connectivity index (χ0v) is 15.3. The molecule has 5 heteroatoms. The van der Waals surface area contributed by atoms with Crippen molar-refractivity contribution in [3.63, 3.8) is 0 Å². The van der Waals surface area contributed by atoms with Gasteiger partial charge in [-0.1, -0.05) is 30.9 Å². The second-order valence-electron chi connectivity index (χ2n) is 7.09. The van der Waals surface area contributed by atoms with Crippen LogP contribution in [0.1, 0.15) is 40.5 Å². The van der Waals surface area contributed by atoms with Gasteiger partial charge in [0.1, 0.15) is 5.60 Å². The first-order chi connectivity index (χ1) is 11.2. The highest BCUT2D eigenvalue weighted by molar-refractivity contribution is 5.96. The summed E-state index contributed by atoms with van der Waals surface area (Å²) in [6.45, 7) is 13.0. The molecule has 0 aromatic rings. The van der Waals surface area contributed by atoms with Crippen LogP contribution in [0.15, 0.2) is 36.5 Å². The van der Waals surface area contributed by atoms with Gasteiger partial charge in [-0.25, -0.2) is 4.79 Å². The molecule has 1 rings (SSSR count). The summed E-state index contributed by atoms with van der Waals surface area (Å²) in [4.78, 5) is 26.1. The second kappa shape index (κ2) is 9.42. The summed E-state index contributed by atoms with van der Waals surface area (Å²) in [7, 11) is 0. The van der Waals surface area contributed by atoms with Crippen LogP contribution in [-0.4, -0.2) is 48.1 Å². The standard InChI is InChI=1S/C19H30N2O3/c1-6-7-8-9-15(2)17(22)14-21-12-10-16(11-13-21)20-18(23)24-19(3,4)5/h6-9,16H,1,10-14H2,2-5H3,(H,20,23)/b8-7-,15-9+. The van der Waals surface area contributed by atoms with Crippen LogP contribution >= 0.6 is 0 Å². The second-order valence-corrected chi connectivity index (χ2v) is 7.09. The van der Waals surface area contributed by atoms with E-state index in [0.717, 1.165) is 31.5 Å². The van der Waals surface area contributed by atoms with Crippen molar-refractivity contribution in [1.82, 2.24) is 10.2 Å². The lowest BCUT2D eigenvalue weighted by Crippen LogP contribution is -2.47. The monoisotopic (exact) mass is 334 g/mol. The van der Waals surface area contributed by atoms with E-state index in [1.807, 2.05) is 33.8 Å². The zero-order valence-electron chi connectivity index (χ0n) is 15.3. The molecule has 0 unspecified atom stereocenters. The van der Waals surface area contributed by atoms with Gasteiger partial charge in [0.2, 0.25) is 0 Å². The van der Waals surface area contributed by atoms with Gasteiger partial charge in [0.25, 0.3) is 0 Å². The van der Waals surface area contributed by atoms with Gasteiger partial charge in [-0.3, -0.25) is 9.69 Å². The van der Waals surface area contributed by atoms with Crippen molar-refractivity contribution >= 4 is 11.9 Å². The van der Waals surface area contributed by atoms with Crippen molar-refractivity contribution in [3.05, 3.63) is 36.5 Å². The number of likely N-dealkylation sites (tertiary alicyclic amines) is 1. The first kappa shape index (κ1) is 20.2. The molecule has 1 heterocycles. The number of piperidine rings is 1. The highest BCUT2D eigenvalue weighted by Crippen LogP contribution is 2.13. The normalized spacial score (nSPS) is 17.8. The van der Waals surface area contributed by atoms with Crippen molar-refractivity contribution in [2.24, 2.45) is 0 Å². The smallest absolute Gasteiger partial charge is 0.407 e. The minimum atomic E-state index is -0.485. The molecule has 0 aromatic carbocycles. The molecule has 0 aliphatic carbocycles. The van der Waals surface area contributed by atoms with Crippen LogP contribution in [0.25, 0.3) is 0 Å². The molecule has 0 saturated carbocycles. The summed E-state index contributed by atoms with van der Waals surface area (Å²) < 4.78 is 5.27. The predicted molar refractivity (Wildman–Crippen MR) is 96.9 cm³/mol. The van der Waals surface area contributed by atoms with Gasteiger partial charge >= 0.3 is 6.09 Å². The van der Waals surface area contributed by atoms with Crippen molar-refractivity contribution in [2.75, 3.05) is 19.6 Å². The minimum absolute atomic E-state index is 0.110. The average Bonchev–Trinajstić information content (AvgIpc) is 2.47. The summed E-state index contributed by atoms with van der Waals surface area (Å²) in [5, 5.41) is 2.90. The molecular formula is C19H30N2O3. The number of carbonyl (C=O) groups excluding carboxylic acids is 2. The number of allylic oxidation sites excluding steroid dienone is 4. The minimum Gasteiger partial charge on any atom is -0.444 e. The van der Waals surface area contributed by atoms with Gasteiger partial charge < -0.3 is 10.1 Å². The van der Waals surface area contributed by atoms with Crippen LogP contribution in [0.5, 0.6) is 0 Å². The topological polar surface area (TPSA) is 58.6 Å². The summed E-state index contributed by atoms with van der Waals surface area (Å²) in [5.74, 6) is 0.127. The third kappa shape index (κ3) is 8.11. The summed E-state index contributed by atoms with van der Waals surface area (Å²) in [6, 6.07) is 0.110. The van der Waals surface area contributed by atoms with Crippen molar-refractivity contribution in [3.8, 4) is 0 Å². The average molecular weight is 334 g/mol. The van der Waals surface area contributed by atoms with Crippen molar-refractivity contribution in [1.29, 1.82) is 0 Å². The fraction of sp³-hybridized carbons (Fsp3) is 0.579. The van der Waals surface area contributed by atoms with Crippen LogP contribution in [0, 0.1) is 0 Å². The Morgan fingerprint density at radius 1 is 1.25 bits per heavy atom. The number of ether oxygens (including phenoxy) is 1. The molecule has 0 atom stereocenters. The summed E-state index contributed by atoms with van der Waals surface area (Å²) >= 11 is 0. The van der Waals surface area contributed by atoms with Crippen molar-refractivity contribution in [2.45, 2.75) is 52.2 Å². The highest BCUT2D eigenvalue weighted by atomic mass is 16.6. The first-order valence-electron chi connectivity index (χ1n) is 8.42. The van der Waals surface area contributed by atoms with E-state index >= 15 is 0 Å². The quantitative estimate of drug-likeness (QED) is 0.598. The zero-order chi connectivity index (χ0) is 18.2. The van der Waals surface area contributed by atoms with Gasteiger partial charge in [0.05, 0.1) is 6.54 Å². The fourth-order valence-electron chi connectivity index (χ4n) is 2.41. The Hall–Kier alpha value is -1.88. The highest BCUT2D eigenvalue weighted by Gasteiger charge is 2.24. The molecule has 1 N–H and O–H groups in total. The number of ketones is 1. The molecule has 134 valence electrons. The van der Waals surface area contributed by atoms with E-state index in [2.05, 4.69) is 16.8 Å². The van der Waals surface area contributed by atoms with E-state index in [1.165, 1.54) is 0 Å². The maximum absolute atomic E-state index is 12.2. The van der Waals surface area contributed by atoms with Crippen LogP contribution in [0.2, 0.25) is 0 Å². The van der Waals surface area contributed by atoms with Gasteiger partial charge in [-0.2, -0.15) is 0 Å². The van der Waals surface area contributed by atoms with E-state index in [4.69, 9.17) is 4.74 Å². The molecular weight excluding hydrogens is 304 g/mol. The number of Topliss-reactive ketones (excluding diaryl/α,β-unsaturated/α-hetero) is 1. The summed E-state index contributed by atoms with van der Waals surface area (Å²) in [6.07, 6.45) is 8.38. The number of carbonyl (C=O) groups is 2. The van der Waals surface area contributed by atoms with E-state index < -0.39 is 5.60 Å². The Morgan fingerprint density at radius 3 is 2.42 bits per heavy atom. The number of amides is 1. The molecule has 1 fully saturated rings. The van der Waals surface area contributed by atoms with E-state index in [0.29, 0.717) is 6.54 Å². The number of alkyl carbamates (subject to hydrolysis) is 1. The molecule has 1 aliphatic rings. The Morgan fingerprint density at radius 2 is 1.88 bits per heavy atom. The third-order valence-electron chi connectivity index (χ3n) is 3.71. The number of rotatable bonds is 6. The maximum atomic E-state index is 12.2. The molecule has 24 heavy (non-hydrogen) atoms. The Labute approximate surface area is 145 Å². The maximum Gasteiger partial charge on any atom is 0.407 e. The summed E-state index contributed by atoms with van der Waals surface area (Å²) in [5.41, 5.74) is 0.253. The molecule has 0 bridgehead atoms. The van der Waals surface area contributed by atoms with E-state index in [9.17, 15) is 9.59 Å². The Balaban J connectivity index is 2.36. The Bertz CT molecular complexity index is 507. The SMILES string of the molecule is C=C/C=C\C=C(/C)C(=O)CN1CCC(NC(=O)OC(C)(C)C)CC1. The lowest BCUT2D eigenvalue weighted by Gasteiger charge is -2.32. The number of hydrogen-bond donors (Lipinski definition) is 1. The molecule has 1 aliphatic heterocycles. The largest absolute Gasteiger partial charge is 0.444 e. The van der Waals surface area contributed by atoms with Gasteiger partial charge in [0.15, 0.2) is 5.78 Å². The van der Waals surface area contributed by atoms with Crippen molar-refractivity contribution < 1.29 is 14.3 Å². The predicted octanol–water partition coefficient (Wildman–Crippen LogP) is 3.23. The van der Waals surface area contributed by atoms with E-state index in [1.54, 1.807) is 18.2 Å². The number of nitrogens with one attached hydrogen (secondary N) is 1. The van der Waals surface area contributed by atoms with E-state index in [-0.39, 0.29) is 17.9 Å². The molecule has 5 nitrogen and oxygen atoms in total. The molecule has 1 amide bonds. The molecule has 0 radical (unpaired) electrons. The van der Waals surface area contributed by atoms with Crippen LogP contribution in [-0.2, 0) is 9.53 Å². The van der Waals surface area contributed by atoms with Gasteiger partial charge in [-0.15, -0.1) is 0 Å². The third-order valence-corrected chi connectivity index (χ3v) is 3.71. The van der Waals surface area contributed by atoms with Gasteiger partial charge in [0, 0.05) is 19.1 Å². The van der Waals surface area contributed by atoms with Crippen LogP contribution in [0.4, 0.5) is 4.79 Å². The van der Waals surface area contributed by atoms with Crippen LogP contribution in [0.3, 0.4) is 0 Å². The lowest BCUT2D eigenvalue weighted by atomic mass is 10.0. The van der Waals surface area contributed by atoms with Crippen LogP contribution < -0.4 is 5.32 Å². The fourth-order valence-corrected chi connectivity index (χ4v) is 2.41. The first-order valence-corrected chi connectivity index (χ1v) is 8.42. The number of nitrogens with zero attached hydrogens (tertiary/aromatic N) is 1.